The molecule has 0 radical (unpaired) electrons. The summed E-state index contributed by atoms with van der Waals surface area (Å²) in [5, 5.41) is 14.2. The van der Waals surface area contributed by atoms with Gasteiger partial charge in [-0.1, -0.05) is 37.3 Å². The Bertz CT molecular complexity index is 424. The maximum absolute atomic E-state index is 4.16. The molecule has 2 N–H and O–H groups in total. The average Bonchev–Trinajstić information content (AvgIpc) is 2.93. The number of benzene rings is 1. The van der Waals surface area contributed by atoms with Crippen LogP contribution in [0.15, 0.2) is 36.5 Å². The molecule has 2 rings (SSSR count). The summed E-state index contributed by atoms with van der Waals surface area (Å²) in [5.74, 6) is 0. The molecule has 0 aliphatic carbocycles. The molecule has 0 aliphatic heterocycles. The van der Waals surface area contributed by atoms with Crippen molar-refractivity contribution in [1.29, 1.82) is 0 Å². The molecule has 1 aromatic carbocycles. The summed E-state index contributed by atoms with van der Waals surface area (Å²) in [4.78, 5) is 0. The van der Waals surface area contributed by atoms with E-state index in [1.54, 1.807) is 6.20 Å². The number of aromatic nitrogens is 3. The van der Waals surface area contributed by atoms with Crippen molar-refractivity contribution in [2.75, 3.05) is 6.54 Å². The lowest BCUT2D eigenvalue weighted by Crippen LogP contribution is -2.21. The molecule has 4 heteroatoms. The fraction of sp³-hybridized carbons (Fsp3) is 0.429. The van der Waals surface area contributed by atoms with Crippen molar-refractivity contribution < 1.29 is 0 Å². The number of nitrogens with zero attached hydrogens (tertiary/aromatic N) is 2. The zero-order chi connectivity index (χ0) is 12.6. The van der Waals surface area contributed by atoms with Crippen molar-refractivity contribution in [3.8, 4) is 0 Å². The van der Waals surface area contributed by atoms with E-state index in [-0.39, 0.29) is 0 Å². The van der Waals surface area contributed by atoms with E-state index in [1.807, 2.05) is 0 Å². The summed E-state index contributed by atoms with van der Waals surface area (Å²) in [6.07, 6.45) is 5.14. The van der Waals surface area contributed by atoms with Crippen molar-refractivity contribution in [2.24, 2.45) is 0 Å². The summed E-state index contributed by atoms with van der Waals surface area (Å²) >= 11 is 0. The molecule has 2 aromatic rings. The number of aromatic amines is 1. The minimum absolute atomic E-state index is 0.303. The second kappa shape index (κ2) is 6.91. The van der Waals surface area contributed by atoms with Crippen LogP contribution in [0.1, 0.15) is 37.1 Å². The molecule has 18 heavy (non-hydrogen) atoms. The van der Waals surface area contributed by atoms with E-state index >= 15 is 0 Å². The third-order valence-corrected chi connectivity index (χ3v) is 3.04. The third-order valence-electron chi connectivity index (χ3n) is 3.04. The first-order chi connectivity index (χ1) is 8.90. The molecular weight excluding hydrogens is 224 g/mol. The Hall–Kier alpha value is -1.68. The highest BCUT2D eigenvalue weighted by atomic mass is 15.3. The molecule has 1 heterocycles. The van der Waals surface area contributed by atoms with Gasteiger partial charge in [0.25, 0.3) is 0 Å². The Morgan fingerprint density at radius 3 is 2.78 bits per heavy atom. The molecule has 1 aromatic heterocycles. The lowest BCUT2D eigenvalue weighted by Gasteiger charge is -2.14. The maximum atomic E-state index is 4.16. The Morgan fingerprint density at radius 2 is 2.11 bits per heavy atom. The van der Waals surface area contributed by atoms with Crippen LogP contribution < -0.4 is 5.32 Å². The molecular formula is C14H20N4. The minimum atomic E-state index is 0.303. The van der Waals surface area contributed by atoms with Crippen LogP contribution in [0.3, 0.4) is 0 Å². The quantitative estimate of drug-likeness (QED) is 0.786. The van der Waals surface area contributed by atoms with Gasteiger partial charge in [0, 0.05) is 0 Å². The van der Waals surface area contributed by atoms with E-state index in [0.29, 0.717) is 6.04 Å². The van der Waals surface area contributed by atoms with E-state index in [9.17, 15) is 0 Å². The molecule has 1 unspecified atom stereocenters. The van der Waals surface area contributed by atoms with Crippen LogP contribution in [0.5, 0.6) is 0 Å². The largest absolute Gasteiger partial charge is 0.309 e. The van der Waals surface area contributed by atoms with Crippen LogP contribution in [0.4, 0.5) is 0 Å². The fourth-order valence-corrected chi connectivity index (χ4v) is 2.13. The smallest absolute Gasteiger partial charge is 0.0993 e. The Morgan fingerprint density at radius 1 is 1.28 bits per heavy atom. The van der Waals surface area contributed by atoms with E-state index in [1.165, 1.54) is 5.56 Å². The van der Waals surface area contributed by atoms with E-state index < -0.39 is 0 Å². The average molecular weight is 244 g/mol. The molecule has 96 valence electrons. The van der Waals surface area contributed by atoms with Gasteiger partial charge in [-0.15, -0.1) is 0 Å². The van der Waals surface area contributed by atoms with E-state index in [2.05, 4.69) is 58.0 Å². The van der Waals surface area contributed by atoms with Gasteiger partial charge in [0.05, 0.1) is 17.9 Å². The molecule has 0 saturated carbocycles. The highest BCUT2D eigenvalue weighted by molar-refractivity contribution is 5.14. The second-order valence-electron chi connectivity index (χ2n) is 4.38. The number of nitrogens with one attached hydrogen (secondary N) is 2. The zero-order valence-electron chi connectivity index (χ0n) is 10.8. The number of hydrogen-bond acceptors (Lipinski definition) is 3. The molecule has 1 atom stereocenters. The van der Waals surface area contributed by atoms with Crippen molar-refractivity contribution in [3.63, 3.8) is 0 Å². The molecule has 0 spiro atoms. The topological polar surface area (TPSA) is 53.6 Å². The van der Waals surface area contributed by atoms with Crippen molar-refractivity contribution in [1.82, 2.24) is 20.7 Å². The zero-order valence-corrected chi connectivity index (χ0v) is 10.8. The molecule has 4 nitrogen and oxygen atoms in total. The summed E-state index contributed by atoms with van der Waals surface area (Å²) in [6, 6.07) is 10.9. The van der Waals surface area contributed by atoms with Gasteiger partial charge in [-0.2, -0.15) is 15.4 Å². The maximum Gasteiger partial charge on any atom is 0.0993 e. The Balaban J connectivity index is 1.83. The lowest BCUT2D eigenvalue weighted by atomic mass is 10.0. The second-order valence-corrected chi connectivity index (χ2v) is 4.38. The van der Waals surface area contributed by atoms with Crippen LogP contribution in [0, 0.1) is 0 Å². The molecule has 0 saturated heterocycles. The molecule has 0 aliphatic rings. The number of aryl methyl sites for hydroxylation is 1. The Labute approximate surface area is 108 Å². The lowest BCUT2D eigenvalue weighted by molar-refractivity contribution is 0.487. The minimum Gasteiger partial charge on any atom is -0.309 e. The highest BCUT2D eigenvalue weighted by Gasteiger charge is 2.12. The first-order valence-electron chi connectivity index (χ1n) is 6.53. The highest BCUT2D eigenvalue weighted by Crippen LogP contribution is 2.16. The third kappa shape index (κ3) is 3.67. The summed E-state index contributed by atoms with van der Waals surface area (Å²) in [6.45, 7) is 3.06. The molecule has 0 fully saturated rings. The molecule has 0 bridgehead atoms. The van der Waals surface area contributed by atoms with Crippen LogP contribution in [-0.2, 0) is 6.42 Å². The number of hydrogen-bond donors (Lipinski definition) is 2. The fourth-order valence-electron chi connectivity index (χ4n) is 2.13. The summed E-state index contributed by atoms with van der Waals surface area (Å²) in [7, 11) is 0. The van der Waals surface area contributed by atoms with Gasteiger partial charge in [-0.3, -0.25) is 0 Å². The van der Waals surface area contributed by atoms with Gasteiger partial charge in [-0.25, -0.2) is 0 Å². The first-order valence-corrected chi connectivity index (χ1v) is 6.53. The van der Waals surface area contributed by atoms with Gasteiger partial charge in [0.2, 0.25) is 0 Å². The van der Waals surface area contributed by atoms with Crippen LogP contribution in [0.2, 0.25) is 0 Å². The van der Waals surface area contributed by atoms with Crippen LogP contribution >= 0.6 is 0 Å². The predicted molar refractivity (Wildman–Crippen MR) is 72.2 cm³/mol. The number of H-pyrrole nitrogens is 1. The number of rotatable bonds is 7. The normalized spacial score (nSPS) is 12.5. The van der Waals surface area contributed by atoms with Gasteiger partial charge in [0.15, 0.2) is 0 Å². The van der Waals surface area contributed by atoms with Crippen LogP contribution in [-0.4, -0.2) is 22.0 Å². The Kier molecular flexibility index (Phi) is 4.90. The van der Waals surface area contributed by atoms with E-state index in [0.717, 1.165) is 31.5 Å². The van der Waals surface area contributed by atoms with Gasteiger partial charge < -0.3 is 5.32 Å². The van der Waals surface area contributed by atoms with Gasteiger partial charge in [0.1, 0.15) is 0 Å². The van der Waals surface area contributed by atoms with Gasteiger partial charge in [-0.05, 0) is 31.4 Å². The van der Waals surface area contributed by atoms with E-state index in [4.69, 9.17) is 0 Å². The summed E-state index contributed by atoms with van der Waals surface area (Å²) in [5.41, 5.74) is 2.40. The standard InChI is InChI=1S/C14H20N4/c1-2-15-13(14-11-16-18-17-14)10-6-9-12-7-4-3-5-8-12/h3-5,7-8,11,13,15H,2,6,9-10H2,1H3,(H,16,17,18). The first kappa shape index (κ1) is 12.8. The van der Waals surface area contributed by atoms with Crippen molar-refractivity contribution >= 4 is 0 Å². The SMILES string of the molecule is CCNC(CCCc1ccccc1)c1cn[nH]n1. The predicted octanol–water partition coefficient (Wildman–Crippen LogP) is 2.48. The van der Waals surface area contributed by atoms with Gasteiger partial charge >= 0.3 is 0 Å². The summed E-state index contributed by atoms with van der Waals surface area (Å²) < 4.78 is 0. The van der Waals surface area contributed by atoms with Crippen molar-refractivity contribution in [2.45, 2.75) is 32.2 Å². The monoisotopic (exact) mass is 244 g/mol. The molecule has 0 amide bonds. The van der Waals surface area contributed by atoms with Crippen molar-refractivity contribution in [3.05, 3.63) is 47.8 Å². The van der Waals surface area contributed by atoms with Crippen LogP contribution in [0.25, 0.3) is 0 Å².